The van der Waals surface area contributed by atoms with Crippen LogP contribution in [-0.4, -0.2) is 23.4 Å². The summed E-state index contributed by atoms with van der Waals surface area (Å²) in [5.41, 5.74) is 2.85. The Labute approximate surface area is 127 Å². The summed E-state index contributed by atoms with van der Waals surface area (Å²) in [6.07, 6.45) is 0. The van der Waals surface area contributed by atoms with Crippen molar-refractivity contribution in [3.8, 4) is 11.6 Å². The summed E-state index contributed by atoms with van der Waals surface area (Å²) in [4.78, 5) is 4.29. The van der Waals surface area contributed by atoms with Gasteiger partial charge in [0.25, 0.3) is 0 Å². The molecule has 0 saturated heterocycles. The van der Waals surface area contributed by atoms with Gasteiger partial charge in [0, 0.05) is 22.4 Å². The molecule has 112 valence electrons. The number of methoxy groups -OCH3 is 2. The molecule has 0 spiro atoms. The Morgan fingerprint density at radius 3 is 2.62 bits per heavy atom. The number of hydrogen-bond acceptors (Lipinski definition) is 4. The van der Waals surface area contributed by atoms with E-state index >= 15 is 0 Å². The van der Waals surface area contributed by atoms with E-state index < -0.39 is 10.8 Å². The van der Waals surface area contributed by atoms with Gasteiger partial charge in [0.2, 0.25) is 5.88 Å². The van der Waals surface area contributed by atoms with E-state index in [1.54, 1.807) is 20.3 Å². The van der Waals surface area contributed by atoms with Gasteiger partial charge in [0.15, 0.2) is 0 Å². The third-order valence-electron chi connectivity index (χ3n) is 3.05. The molecule has 0 aliphatic heterocycles. The molecule has 0 fully saturated rings. The van der Waals surface area contributed by atoms with Gasteiger partial charge in [-0.2, -0.15) is 0 Å². The summed E-state index contributed by atoms with van der Waals surface area (Å²) < 4.78 is 22.7. The first-order valence-electron chi connectivity index (χ1n) is 6.61. The molecule has 1 aromatic heterocycles. The maximum Gasteiger partial charge on any atom is 0.213 e. The molecule has 2 rings (SSSR count). The Morgan fingerprint density at radius 1 is 1.10 bits per heavy atom. The van der Waals surface area contributed by atoms with Crippen molar-refractivity contribution in [2.75, 3.05) is 14.2 Å². The zero-order valence-electron chi connectivity index (χ0n) is 12.5. The number of aryl methyl sites for hydroxylation is 1. The van der Waals surface area contributed by atoms with Crippen molar-refractivity contribution in [2.45, 2.75) is 18.4 Å². The number of ether oxygens (including phenoxy) is 2. The molecular weight excluding hydrogens is 286 g/mol. The summed E-state index contributed by atoms with van der Waals surface area (Å²) in [6, 6.07) is 11.4. The van der Waals surface area contributed by atoms with Gasteiger partial charge in [-0.3, -0.25) is 4.21 Å². The van der Waals surface area contributed by atoms with Crippen LogP contribution in [-0.2, 0) is 22.3 Å². The number of aromatic nitrogens is 1. The largest absolute Gasteiger partial charge is 0.496 e. The van der Waals surface area contributed by atoms with Gasteiger partial charge >= 0.3 is 0 Å². The molecule has 21 heavy (non-hydrogen) atoms. The van der Waals surface area contributed by atoms with E-state index in [1.165, 1.54) is 0 Å². The molecule has 1 atom stereocenters. The highest BCUT2D eigenvalue weighted by atomic mass is 32.2. The Hall–Kier alpha value is -1.88. The van der Waals surface area contributed by atoms with Crippen molar-refractivity contribution in [3.05, 3.63) is 53.2 Å². The van der Waals surface area contributed by atoms with E-state index in [2.05, 4.69) is 4.98 Å². The van der Waals surface area contributed by atoms with Crippen molar-refractivity contribution >= 4 is 10.8 Å². The quantitative estimate of drug-likeness (QED) is 0.823. The average Bonchev–Trinajstić information content (AvgIpc) is 2.47. The van der Waals surface area contributed by atoms with Gasteiger partial charge in [-0.15, -0.1) is 0 Å². The molecule has 4 nitrogen and oxygen atoms in total. The van der Waals surface area contributed by atoms with E-state index in [-0.39, 0.29) is 0 Å². The molecule has 5 heteroatoms. The molecule has 0 bridgehead atoms. The van der Waals surface area contributed by atoms with Crippen molar-refractivity contribution in [1.29, 1.82) is 0 Å². The number of hydrogen-bond donors (Lipinski definition) is 0. The predicted octanol–water partition coefficient (Wildman–Crippen LogP) is 2.86. The van der Waals surface area contributed by atoms with E-state index in [4.69, 9.17) is 9.47 Å². The first-order valence-corrected chi connectivity index (χ1v) is 8.09. The minimum Gasteiger partial charge on any atom is -0.496 e. The lowest BCUT2D eigenvalue weighted by Gasteiger charge is -2.09. The SMILES string of the molecule is COc1cccc(CS(=O)Cc2cc(C)ccc2OC)n1. The highest BCUT2D eigenvalue weighted by Gasteiger charge is 2.10. The Balaban J connectivity index is 2.09. The average molecular weight is 305 g/mol. The second-order valence-electron chi connectivity index (χ2n) is 4.72. The Morgan fingerprint density at radius 2 is 1.90 bits per heavy atom. The van der Waals surface area contributed by atoms with Gasteiger partial charge in [-0.1, -0.05) is 23.8 Å². The number of pyridine rings is 1. The summed E-state index contributed by atoms with van der Waals surface area (Å²) in [7, 11) is 2.15. The maximum atomic E-state index is 12.3. The second-order valence-corrected chi connectivity index (χ2v) is 6.17. The first-order chi connectivity index (χ1) is 10.1. The zero-order chi connectivity index (χ0) is 15.2. The summed E-state index contributed by atoms with van der Waals surface area (Å²) in [5, 5.41) is 0. The second kappa shape index (κ2) is 7.22. The van der Waals surface area contributed by atoms with Crippen LogP contribution in [0.5, 0.6) is 11.6 Å². The van der Waals surface area contributed by atoms with E-state index in [0.717, 1.165) is 22.6 Å². The van der Waals surface area contributed by atoms with Gasteiger partial charge in [0.05, 0.1) is 31.4 Å². The lowest BCUT2D eigenvalue weighted by atomic mass is 10.1. The van der Waals surface area contributed by atoms with Crippen LogP contribution in [0, 0.1) is 6.92 Å². The summed E-state index contributed by atoms with van der Waals surface area (Å²) >= 11 is 0. The van der Waals surface area contributed by atoms with Crippen molar-refractivity contribution < 1.29 is 13.7 Å². The maximum absolute atomic E-state index is 12.3. The van der Waals surface area contributed by atoms with Crippen LogP contribution in [0.15, 0.2) is 36.4 Å². The smallest absolute Gasteiger partial charge is 0.213 e. The molecule has 0 aliphatic rings. The molecule has 1 unspecified atom stereocenters. The van der Waals surface area contributed by atoms with Crippen molar-refractivity contribution in [3.63, 3.8) is 0 Å². The third-order valence-corrected chi connectivity index (χ3v) is 4.30. The molecule has 1 heterocycles. The zero-order valence-corrected chi connectivity index (χ0v) is 13.3. The number of nitrogens with zero attached hydrogens (tertiary/aromatic N) is 1. The molecular formula is C16H19NO3S. The Kier molecular flexibility index (Phi) is 5.33. The van der Waals surface area contributed by atoms with E-state index in [1.807, 2.05) is 37.3 Å². The fraction of sp³-hybridized carbons (Fsp3) is 0.312. The predicted molar refractivity (Wildman–Crippen MR) is 84.1 cm³/mol. The lowest BCUT2D eigenvalue weighted by molar-refractivity contribution is 0.397. The molecule has 0 radical (unpaired) electrons. The van der Waals surface area contributed by atoms with Crippen LogP contribution in [0.4, 0.5) is 0 Å². The molecule has 0 N–H and O–H groups in total. The van der Waals surface area contributed by atoms with Gasteiger partial charge < -0.3 is 9.47 Å². The lowest BCUT2D eigenvalue weighted by Crippen LogP contribution is -2.03. The minimum absolute atomic E-state index is 0.397. The third kappa shape index (κ3) is 4.29. The molecule has 0 amide bonds. The van der Waals surface area contributed by atoms with Crippen LogP contribution >= 0.6 is 0 Å². The Bertz CT molecular complexity index is 643. The number of benzene rings is 1. The van der Waals surface area contributed by atoms with Crippen LogP contribution in [0.2, 0.25) is 0 Å². The minimum atomic E-state index is -1.05. The van der Waals surface area contributed by atoms with Crippen molar-refractivity contribution in [1.82, 2.24) is 4.98 Å². The van der Waals surface area contributed by atoms with E-state index in [9.17, 15) is 4.21 Å². The number of rotatable bonds is 6. The van der Waals surface area contributed by atoms with Gasteiger partial charge in [0.1, 0.15) is 5.75 Å². The normalized spacial score (nSPS) is 12.0. The van der Waals surface area contributed by atoms with E-state index in [0.29, 0.717) is 17.4 Å². The molecule has 0 saturated carbocycles. The highest BCUT2D eigenvalue weighted by Crippen LogP contribution is 2.22. The monoisotopic (exact) mass is 305 g/mol. The molecule has 2 aromatic rings. The summed E-state index contributed by atoms with van der Waals surface area (Å²) in [5.74, 6) is 2.16. The highest BCUT2D eigenvalue weighted by molar-refractivity contribution is 7.83. The van der Waals surface area contributed by atoms with Crippen LogP contribution in [0.25, 0.3) is 0 Å². The van der Waals surface area contributed by atoms with Crippen molar-refractivity contribution in [2.24, 2.45) is 0 Å². The topological polar surface area (TPSA) is 48.4 Å². The fourth-order valence-corrected chi connectivity index (χ4v) is 3.23. The van der Waals surface area contributed by atoms with Crippen LogP contribution < -0.4 is 9.47 Å². The van der Waals surface area contributed by atoms with Gasteiger partial charge in [-0.05, 0) is 19.1 Å². The molecule has 1 aromatic carbocycles. The van der Waals surface area contributed by atoms with Gasteiger partial charge in [-0.25, -0.2) is 4.98 Å². The molecule has 0 aliphatic carbocycles. The van der Waals surface area contributed by atoms with Crippen LogP contribution in [0.3, 0.4) is 0 Å². The standard InChI is InChI=1S/C16H19NO3S/c1-12-7-8-15(19-2)13(9-12)10-21(18)11-14-5-4-6-16(17-14)20-3/h4-9H,10-11H2,1-3H3. The van der Waals surface area contributed by atoms with Crippen LogP contribution in [0.1, 0.15) is 16.8 Å². The first kappa shape index (κ1) is 15.5. The fourth-order valence-electron chi connectivity index (χ4n) is 2.06. The summed E-state index contributed by atoms with van der Waals surface area (Å²) in [6.45, 7) is 2.01.